The largest absolute Gasteiger partial charge is 0.477 e. The van der Waals surface area contributed by atoms with E-state index in [2.05, 4.69) is 15.3 Å². The maximum atomic E-state index is 10.5. The van der Waals surface area contributed by atoms with Crippen molar-refractivity contribution in [2.45, 2.75) is 13.5 Å². The van der Waals surface area contributed by atoms with Gasteiger partial charge in [0.05, 0.1) is 12.7 Å². The molecule has 0 saturated carbocycles. The van der Waals surface area contributed by atoms with E-state index in [0.717, 1.165) is 0 Å². The van der Waals surface area contributed by atoms with Gasteiger partial charge in [-0.2, -0.15) is 0 Å². The minimum Gasteiger partial charge on any atom is -0.477 e. The van der Waals surface area contributed by atoms with E-state index in [1.807, 2.05) is 0 Å². The Bertz CT molecular complexity index is 331. The molecule has 1 rings (SSSR count). The fraction of sp³-hybridized carbons (Fsp3) is 0.286. The van der Waals surface area contributed by atoms with Crippen LogP contribution in [0.3, 0.4) is 0 Å². The van der Waals surface area contributed by atoms with Crippen LogP contribution in [-0.4, -0.2) is 27.0 Å². The van der Waals surface area contributed by atoms with Gasteiger partial charge in [0.1, 0.15) is 11.5 Å². The molecule has 0 saturated heterocycles. The quantitative estimate of drug-likeness (QED) is 0.601. The van der Waals surface area contributed by atoms with E-state index in [4.69, 9.17) is 5.11 Å². The molecule has 0 aliphatic carbocycles. The van der Waals surface area contributed by atoms with Gasteiger partial charge in [0.25, 0.3) is 0 Å². The maximum Gasteiger partial charge on any atom is 0.353 e. The molecule has 0 aliphatic rings. The summed E-state index contributed by atoms with van der Waals surface area (Å²) >= 11 is 0. The van der Waals surface area contributed by atoms with Crippen LogP contribution in [0.5, 0.6) is 0 Å². The molecule has 1 amide bonds. The van der Waals surface area contributed by atoms with E-state index in [-0.39, 0.29) is 18.1 Å². The van der Waals surface area contributed by atoms with Gasteiger partial charge in [-0.25, -0.2) is 9.78 Å². The number of carboxylic acid groups (broad SMARTS) is 1. The number of hydrogen-bond donors (Lipinski definition) is 3. The number of H-pyrrole nitrogens is 1. The van der Waals surface area contributed by atoms with Crippen molar-refractivity contribution in [1.29, 1.82) is 0 Å². The molecule has 0 aliphatic heterocycles. The molecule has 0 fully saturated rings. The second-order valence-electron chi connectivity index (χ2n) is 2.46. The Kier molecular flexibility index (Phi) is 2.63. The fourth-order valence-electron chi connectivity index (χ4n) is 0.769. The average molecular weight is 183 g/mol. The zero-order valence-corrected chi connectivity index (χ0v) is 7.00. The normalized spacial score (nSPS) is 9.62. The van der Waals surface area contributed by atoms with Gasteiger partial charge in [0.2, 0.25) is 5.91 Å². The van der Waals surface area contributed by atoms with Crippen LogP contribution >= 0.6 is 0 Å². The van der Waals surface area contributed by atoms with E-state index >= 15 is 0 Å². The van der Waals surface area contributed by atoms with Crippen LogP contribution < -0.4 is 5.32 Å². The lowest BCUT2D eigenvalue weighted by molar-refractivity contribution is -0.119. The first-order chi connectivity index (χ1) is 6.09. The van der Waals surface area contributed by atoms with E-state index < -0.39 is 5.97 Å². The first-order valence-corrected chi connectivity index (χ1v) is 3.61. The number of aromatic amines is 1. The lowest BCUT2D eigenvalue weighted by Crippen LogP contribution is -2.19. The summed E-state index contributed by atoms with van der Waals surface area (Å²) in [4.78, 5) is 27.2. The molecule has 0 spiro atoms. The summed E-state index contributed by atoms with van der Waals surface area (Å²) in [6.07, 6.45) is 1.21. The molecular formula is C7H9N3O3. The molecule has 1 heterocycles. The molecule has 6 heteroatoms. The molecule has 13 heavy (non-hydrogen) atoms. The molecule has 6 nitrogen and oxygen atoms in total. The number of rotatable bonds is 3. The summed E-state index contributed by atoms with van der Waals surface area (Å²) < 4.78 is 0. The van der Waals surface area contributed by atoms with Gasteiger partial charge in [-0.05, 0) is 0 Å². The standard InChI is InChI=1S/C7H9N3O3/c1-4(11)8-3-6-9-2-5(10-6)7(12)13/h2H,3H2,1H3,(H,8,11)(H,9,10)(H,12,13). The molecular weight excluding hydrogens is 174 g/mol. The van der Waals surface area contributed by atoms with Crippen LogP contribution in [0.4, 0.5) is 0 Å². The monoisotopic (exact) mass is 183 g/mol. The summed E-state index contributed by atoms with van der Waals surface area (Å²) in [5.74, 6) is -0.831. The number of hydrogen-bond acceptors (Lipinski definition) is 3. The number of carbonyl (C=O) groups is 2. The molecule has 0 bridgehead atoms. The third-order valence-electron chi connectivity index (χ3n) is 1.36. The van der Waals surface area contributed by atoms with Gasteiger partial charge >= 0.3 is 5.97 Å². The van der Waals surface area contributed by atoms with Crippen LogP contribution in [0.25, 0.3) is 0 Å². The summed E-state index contributed by atoms with van der Waals surface area (Å²) in [5.41, 5.74) is 0.0142. The van der Waals surface area contributed by atoms with Gasteiger partial charge in [0.15, 0.2) is 0 Å². The highest BCUT2D eigenvalue weighted by molar-refractivity contribution is 5.85. The smallest absolute Gasteiger partial charge is 0.353 e. The molecule has 1 aromatic rings. The molecule has 1 aromatic heterocycles. The molecule has 0 aromatic carbocycles. The van der Waals surface area contributed by atoms with Crippen molar-refractivity contribution in [3.05, 3.63) is 17.7 Å². The number of carboxylic acids is 1. The number of nitrogens with one attached hydrogen (secondary N) is 2. The summed E-state index contributed by atoms with van der Waals surface area (Å²) in [6.45, 7) is 1.59. The van der Waals surface area contributed by atoms with Gasteiger partial charge < -0.3 is 15.4 Å². The zero-order chi connectivity index (χ0) is 9.84. The Morgan fingerprint density at radius 2 is 2.38 bits per heavy atom. The van der Waals surface area contributed by atoms with Crippen molar-refractivity contribution in [1.82, 2.24) is 15.3 Å². The van der Waals surface area contributed by atoms with Gasteiger partial charge in [0, 0.05) is 6.92 Å². The van der Waals surface area contributed by atoms with Crippen molar-refractivity contribution in [2.24, 2.45) is 0 Å². The number of aromatic nitrogens is 2. The second-order valence-corrected chi connectivity index (χ2v) is 2.46. The second kappa shape index (κ2) is 3.70. The topological polar surface area (TPSA) is 95.1 Å². The Morgan fingerprint density at radius 1 is 1.69 bits per heavy atom. The first kappa shape index (κ1) is 9.24. The van der Waals surface area contributed by atoms with Crippen molar-refractivity contribution in [2.75, 3.05) is 0 Å². The summed E-state index contributed by atoms with van der Waals surface area (Å²) in [6, 6.07) is 0. The number of nitrogens with zero attached hydrogens (tertiary/aromatic N) is 1. The fourth-order valence-corrected chi connectivity index (χ4v) is 0.769. The van der Waals surface area contributed by atoms with Crippen LogP contribution in [0.1, 0.15) is 23.2 Å². The van der Waals surface area contributed by atoms with Crippen LogP contribution in [-0.2, 0) is 11.3 Å². The summed E-state index contributed by atoms with van der Waals surface area (Å²) in [5, 5.41) is 11.0. The first-order valence-electron chi connectivity index (χ1n) is 3.61. The Balaban J connectivity index is 2.59. The Hall–Kier alpha value is -1.85. The van der Waals surface area contributed by atoms with Crippen molar-refractivity contribution >= 4 is 11.9 Å². The number of carbonyl (C=O) groups excluding carboxylic acids is 1. The molecule has 0 atom stereocenters. The van der Waals surface area contributed by atoms with E-state index in [0.29, 0.717) is 5.82 Å². The van der Waals surface area contributed by atoms with Crippen molar-refractivity contribution in [3.63, 3.8) is 0 Å². The van der Waals surface area contributed by atoms with E-state index in [9.17, 15) is 9.59 Å². The molecule has 3 N–H and O–H groups in total. The van der Waals surface area contributed by atoms with Crippen molar-refractivity contribution in [3.8, 4) is 0 Å². The van der Waals surface area contributed by atoms with Gasteiger partial charge in [-0.3, -0.25) is 4.79 Å². The highest BCUT2D eigenvalue weighted by Crippen LogP contribution is 1.96. The number of amides is 1. The lowest BCUT2D eigenvalue weighted by atomic mass is 10.5. The zero-order valence-electron chi connectivity index (χ0n) is 7.00. The number of imidazole rings is 1. The third-order valence-corrected chi connectivity index (χ3v) is 1.36. The minimum absolute atomic E-state index is 0.0142. The highest BCUT2D eigenvalue weighted by Gasteiger charge is 2.06. The Labute approximate surface area is 74.0 Å². The molecule has 0 unspecified atom stereocenters. The van der Waals surface area contributed by atoms with Crippen LogP contribution in [0.15, 0.2) is 6.20 Å². The Morgan fingerprint density at radius 3 is 2.85 bits per heavy atom. The average Bonchev–Trinajstić information content (AvgIpc) is 2.48. The predicted molar refractivity (Wildman–Crippen MR) is 43.1 cm³/mol. The maximum absolute atomic E-state index is 10.5. The lowest BCUT2D eigenvalue weighted by Gasteiger charge is -1.96. The SMILES string of the molecule is CC(=O)NCc1ncc(C(=O)O)[nH]1. The van der Waals surface area contributed by atoms with Gasteiger partial charge in [-0.15, -0.1) is 0 Å². The van der Waals surface area contributed by atoms with Crippen molar-refractivity contribution < 1.29 is 14.7 Å². The van der Waals surface area contributed by atoms with Crippen LogP contribution in [0, 0.1) is 0 Å². The third kappa shape index (κ3) is 2.58. The molecule has 0 radical (unpaired) electrons. The highest BCUT2D eigenvalue weighted by atomic mass is 16.4. The number of aromatic carboxylic acids is 1. The minimum atomic E-state index is -1.07. The summed E-state index contributed by atoms with van der Waals surface area (Å²) in [7, 11) is 0. The van der Waals surface area contributed by atoms with Gasteiger partial charge in [-0.1, -0.05) is 0 Å². The predicted octanol–water partition coefficient (Wildman–Crippen LogP) is -0.256. The molecule has 70 valence electrons. The van der Waals surface area contributed by atoms with Crippen LogP contribution in [0.2, 0.25) is 0 Å². The van der Waals surface area contributed by atoms with E-state index in [1.165, 1.54) is 13.1 Å². The van der Waals surface area contributed by atoms with E-state index in [1.54, 1.807) is 0 Å².